The molecule has 3 rings (SSSR count). The molecule has 0 bridgehead atoms. The van der Waals surface area contributed by atoms with Crippen LogP contribution >= 0.6 is 11.8 Å². The number of halogens is 1. The number of carbonyl (C=O) groups is 2. The van der Waals surface area contributed by atoms with Crippen LogP contribution in [0.5, 0.6) is 0 Å². The molecule has 0 aliphatic carbocycles. The number of hydrogen-bond donors (Lipinski definition) is 1. The van der Waals surface area contributed by atoms with Crippen LogP contribution in [0, 0.1) is 5.82 Å². The minimum Gasteiger partial charge on any atom is -0.326 e. The lowest BCUT2D eigenvalue weighted by Gasteiger charge is -2.24. The molecule has 0 radical (unpaired) electrons. The number of anilines is 2. The van der Waals surface area contributed by atoms with Gasteiger partial charge in [-0.25, -0.2) is 4.39 Å². The number of carbonyl (C=O) groups excluding carboxylic acids is 2. The first kappa shape index (κ1) is 20.4. The van der Waals surface area contributed by atoms with Crippen molar-refractivity contribution in [3.8, 4) is 0 Å². The molecule has 1 aliphatic rings. The summed E-state index contributed by atoms with van der Waals surface area (Å²) in [5.74, 6) is 0.0980. The summed E-state index contributed by atoms with van der Waals surface area (Å²) >= 11 is 1.54. The number of rotatable bonds is 8. The molecule has 2 aromatic rings. The van der Waals surface area contributed by atoms with E-state index in [0.29, 0.717) is 17.9 Å². The van der Waals surface area contributed by atoms with Gasteiger partial charge in [0.2, 0.25) is 11.8 Å². The van der Waals surface area contributed by atoms with Gasteiger partial charge in [-0.05, 0) is 48.4 Å². The Bertz CT molecular complexity index is 808. The normalized spacial score (nSPS) is 16.4. The van der Waals surface area contributed by atoms with Crippen LogP contribution in [0.2, 0.25) is 0 Å². The van der Waals surface area contributed by atoms with Crippen molar-refractivity contribution in [2.24, 2.45) is 0 Å². The van der Waals surface area contributed by atoms with E-state index in [1.54, 1.807) is 28.8 Å². The number of amides is 2. The smallest absolute Gasteiger partial charge is 0.238 e. The summed E-state index contributed by atoms with van der Waals surface area (Å²) in [6.07, 6.45) is 4.83. The Labute approximate surface area is 169 Å². The highest BCUT2D eigenvalue weighted by Crippen LogP contribution is 2.41. The average Bonchev–Trinajstić information content (AvgIpc) is 3.08. The Balaban J connectivity index is 1.64. The molecule has 1 atom stereocenters. The number of nitrogens with zero attached hydrogens (tertiary/aromatic N) is 1. The minimum atomic E-state index is -0.325. The monoisotopic (exact) mass is 400 g/mol. The third-order valence-electron chi connectivity index (χ3n) is 4.71. The van der Waals surface area contributed by atoms with Gasteiger partial charge < -0.3 is 5.32 Å². The van der Waals surface area contributed by atoms with Crippen LogP contribution in [0.4, 0.5) is 15.8 Å². The average molecular weight is 401 g/mol. The van der Waals surface area contributed by atoms with E-state index in [2.05, 4.69) is 12.2 Å². The van der Waals surface area contributed by atoms with Crippen LogP contribution in [-0.4, -0.2) is 17.6 Å². The van der Waals surface area contributed by atoms with E-state index in [4.69, 9.17) is 0 Å². The van der Waals surface area contributed by atoms with Gasteiger partial charge in [0.15, 0.2) is 0 Å². The maximum atomic E-state index is 13.2. The second-order valence-electron chi connectivity index (χ2n) is 6.88. The Morgan fingerprint density at radius 3 is 2.50 bits per heavy atom. The fourth-order valence-corrected chi connectivity index (χ4v) is 4.40. The lowest BCUT2D eigenvalue weighted by molar-refractivity contribution is -0.116. The summed E-state index contributed by atoms with van der Waals surface area (Å²) in [5, 5.41) is 2.77. The molecule has 148 valence electrons. The molecule has 2 aromatic carbocycles. The predicted molar refractivity (Wildman–Crippen MR) is 113 cm³/mol. The van der Waals surface area contributed by atoms with E-state index in [1.807, 2.05) is 24.3 Å². The second kappa shape index (κ2) is 9.73. The highest BCUT2D eigenvalue weighted by atomic mass is 32.2. The van der Waals surface area contributed by atoms with Gasteiger partial charge in [-0.1, -0.05) is 38.3 Å². The summed E-state index contributed by atoms with van der Waals surface area (Å²) in [6.45, 7) is 2.15. The Morgan fingerprint density at radius 1 is 1.11 bits per heavy atom. The summed E-state index contributed by atoms with van der Waals surface area (Å²) in [7, 11) is 0. The van der Waals surface area contributed by atoms with E-state index in [9.17, 15) is 14.0 Å². The molecule has 4 nitrogen and oxygen atoms in total. The molecule has 0 aromatic heterocycles. The first-order chi connectivity index (χ1) is 13.6. The fraction of sp³-hybridized carbons (Fsp3) is 0.364. The lowest BCUT2D eigenvalue weighted by atomic mass is 10.1. The Kier molecular flexibility index (Phi) is 7.09. The number of benzene rings is 2. The first-order valence-corrected chi connectivity index (χ1v) is 10.7. The third kappa shape index (κ3) is 5.13. The van der Waals surface area contributed by atoms with E-state index in [0.717, 1.165) is 36.9 Å². The molecule has 1 N–H and O–H groups in total. The highest BCUT2D eigenvalue weighted by Gasteiger charge is 2.33. The van der Waals surface area contributed by atoms with E-state index in [-0.39, 0.29) is 23.0 Å². The van der Waals surface area contributed by atoms with Crippen LogP contribution in [0.15, 0.2) is 48.5 Å². The summed E-state index contributed by atoms with van der Waals surface area (Å²) in [6, 6.07) is 13.6. The number of thioether (sulfide) groups is 1. The molecule has 1 saturated heterocycles. The van der Waals surface area contributed by atoms with E-state index < -0.39 is 0 Å². The van der Waals surface area contributed by atoms with Crippen molar-refractivity contribution in [3.05, 3.63) is 59.9 Å². The molecular weight excluding hydrogens is 375 g/mol. The van der Waals surface area contributed by atoms with Crippen LogP contribution in [0.25, 0.3) is 0 Å². The molecule has 0 saturated carbocycles. The standard InChI is InChI=1S/C22H25FN2O2S/c1-2-3-4-5-6-20(26)24-18-11-7-16(8-12-18)22-25(21(27)15-28-22)19-13-9-17(23)10-14-19/h7-14,22H,2-6,15H2,1H3,(H,24,26). The molecule has 6 heteroatoms. The van der Waals surface area contributed by atoms with Gasteiger partial charge in [0.1, 0.15) is 11.2 Å². The lowest BCUT2D eigenvalue weighted by Crippen LogP contribution is -2.27. The summed E-state index contributed by atoms with van der Waals surface area (Å²) in [4.78, 5) is 26.1. The molecule has 1 fully saturated rings. The molecule has 2 amide bonds. The van der Waals surface area contributed by atoms with Gasteiger partial charge in [-0.15, -0.1) is 11.8 Å². The number of hydrogen-bond acceptors (Lipinski definition) is 3. The van der Waals surface area contributed by atoms with Gasteiger partial charge in [0, 0.05) is 17.8 Å². The van der Waals surface area contributed by atoms with E-state index in [1.165, 1.54) is 12.1 Å². The molecule has 1 aliphatic heterocycles. The van der Waals surface area contributed by atoms with Crippen molar-refractivity contribution in [1.82, 2.24) is 0 Å². The number of unbranched alkanes of at least 4 members (excludes halogenated alkanes) is 3. The quantitative estimate of drug-likeness (QED) is 0.594. The first-order valence-electron chi connectivity index (χ1n) is 9.67. The van der Waals surface area contributed by atoms with Gasteiger partial charge in [-0.3, -0.25) is 14.5 Å². The van der Waals surface area contributed by atoms with Crippen LogP contribution in [-0.2, 0) is 9.59 Å². The third-order valence-corrected chi connectivity index (χ3v) is 5.92. The highest BCUT2D eigenvalue weighted by molar-refractivity contribution is 8.00. The largest absolute Gasteiger partial charge is 0.326 e. The van der Waals surface area contributed by atoms with Crippen molar-refractivity contribution >= 4 is 35.0 Å². The molecule has 1 heterocycles. The number of nitrogens with one attached hydrogen (secondary N) is 1. The van der Waals surface area contributed by atoms with Crippen molar-refractivity contribution in [3.63, 3.8) is 0 Å². The zero-order chi connectivity index (χ0) is 19.9. The minimum absolute atomic E-state index is 0.00562. The van der Waals surface area contributed by atoms with Crippen molar-refractivity contribution in [2.45, 2.75) is 44.4 Å². The zero-order valence-electron chi connectivity index (χ0n) is 16.0. The van der Waals surface area contributed by atoms with Crippen LogP contribution in [0.3, 0.4) is 0 Å². The Morgan fingerprint density at radius 2 is 1.82 bits per heavy atom. The molecule has 0 spiro atoms. The van der Waals surface area contributed by atoms with Crippen LogP contribution < -0.4 is 10.2 Å². The molecular formula is C22H25FN2O2S. The summed E-state index contributed by atoms with van der Waals surface area (Å²) in [5.41, 5.74) is 2.42. The van der Waals surface area contributed by atoms with Crippen molar-refractivity contribution in [1.29, 1.82) is 0 Å². The topological polar surface area (TPSA) is 49.4 Å². The fourth-order valence-electron chi connectivity index (χ4n) is 3.22. The zero-order valence-corrected chi connectivity index (χ0v) is 16.8. The maximum absolute atomic E-state index is 13.2. The van der Waals surface area contributed by atoms with Gasteiger partial charge in [-0.2, -0.15) is 0 Å². The molecule has 28 heavy (non-hydrogen) atoms. The van der Waals surface area contributed by atoms with Crippen molar-refractivity contribution in [2.75, 3.05) is 16.0 Å². The summed E-state index contributed by atoms with van der Waals surface area (Å²) < 4.78 is 13.2. The van der Waals surface area contributed by atoms with Gasteiger partial charge in [0.05, 0.1) is 5.75 Å². The SMILES string of the molecule is CCCCCCC(=O)Nc1ccc(C2SCC(=O)N2c2ccc(F)cc2)cc1. The second-order valence-corrected chi connectivity index (χ2v) is 7.95. The predicted octanol–water partition coefficient (Wildman–Crippen LogP) is 5.51. The Hall–Kier alpha value is -2.34. The van der Waals surface area contributed by atoms with Gasteiger partial charge >= 0.3 is 0 Å². The van der Waals surface area contributed by atoms with E-state index >= 15 is 0 Å². The molecule has 1 unspecified atom stereocenters. The van der Waals surface area contributed by atoms with Gasteiger partial charge in [0.25, 0.3) is 0 Å². The van der Waals surface area contributed by atoms with Crippen molar-refractivity contribution < 1.29 is 14.0 Å². The van der Waals surface area contributed by atoms with Crippen LogP contribution in [0.1, 0.15) is 50.0 Å². The maximum Gasteiger partial charge on any atom is 0.238 e.